The molecule has 0 fully saturated rings. The highest BCUT2D eigenvalue weighted by Gasteiger charge is 2.30. The number of aliphatic carboxylic acids is 1. The SMILES string of the molecule is CCC(C)[C@H](NS(=O)(=O)c1ccc(Cl)cc1F)C(=O)O. The summed E-state index contributed by atoms with van der Waals surface area (Å²) in [5.41, 5.74) is 0. The number of carboxylic acid groups (broad SMARTS) is 1. The van der Waals surface area contributed by atoms with Gasteiger partial charge in [-0.25, -0.2) is 12.8 Å². The molecule has 2 N–H and O–H groups in total. The van der Waals surface area contributed by atoms with Crippen LogP contribution in [0.25, 0.3) is 0 Å². The first kappa shape index (κ1) is 16.9. The summed E-state index contributed by atoms with van der Waals surface area (Å²) in [5.74, 6) is -2.77. The third kappa shape index (κ3) is 3.91. The highest BCUT2D eigenvalue weighted by Crippen LogP contribution is 2.20. The van der Waals surface area contributed by atoms with Gasteiger partial charge in [0, 0.05) is 5.02 Å². The summed E-state index contributed by atoms with van der Waals surface area (Å²) in [7, 11) is -4.27. The molecule has 0 radical (unpaired) electrons. The summed E-state index contributed by atoms with van der Waals surface area (Å²) < 4.78 is 39.7. The lowest BCUT2D eigenvalue weighted by atomic mass is 10.0. The van der Waals surface area contributed by atoms with Crippen molar-refractivity contribution in [2.24, 2.45) is 5.92 Å². The van der Waals surface area contributed by atoms with Gasteiger partial charge >= 0.3 is 5.97 Å². The lowest BCUT2D eigenvalue weighted by Crippen LogP contribution is -2.45. The van der Waals surface area contributed by atoms with E-state index in [1.165, 1.54) is 6.07 Å². The van der Waals surface area contributed by atoms with E-state index in [9.17, 15) is 17.6 Å². The zero-order valence-corrected chi connectivity index (χ0v) is 12.5. The Hall–Kier alpha value is -1.18. The zero-order valence-electron chi connectivity index (χ0n) is 10.9. The second-order valence-corrected chi connectivity index (χ2v) is 6.52. The lowest BCUT2D eigenvalue weighted by Gasteiger charge is -2.20. The van der Waals surface area contributed by atoms with Crippen molar-refractivity contribution in [2.45, 2.75) is 31.2 Å². The van der Waals surface area contributed by atoms with Crippen molar-refractivity contribution in [3.8, 4) is 0 Å². The minimum atomic E-state index is -4.27. The molecule has 0 amide bonds. The Kier molecular flexibility index (Phi) is 5.50. The van der Waals surface area contributed by atoms with Gasteiger partial charge in [-0.05, 0) is 24.1 Å². The van der Waals surface area contributed by atoms with E-state index in [0.29, 0.717) is 6.42 Å². The van der Waals surface area contributed by atoms with Crippen LogP contribution in [0.5, 0.6) is 0 Å². The van der Waals surface area contributed by atoms with Crippen LogP contribution in [0.4, 0.5) is 4.39 Å². The van der Waals surface area contributed by atoms with E-state index < -0.39 is 38.7 Å². The fraction of sp³-hybridized carbons (Fsp3) is 0.417. The predicted molar refractivity (Wildman–Crippen MR) is 72.6 cm³/mol. The number of carbonyl (C=O) groups is 1. The molecule has 8 heteroatoms. The Bertz CT molecular complexity index is 605. The van der Waals surface area contributed by atoms with Gasteiger partial charge in [-0.2, -0.15) is 4.72 Å². The van der Waals surface area contributed by atoms with Crippen molar-refractivity contribution < 1.29 is 22.7 Å². The maximum absolute atomic E-state index is 13.6. The number of carboxylic acids is 1. The molecule has 20 heavy (non-hydrogen) atoms. The third-order valence-corrected chi connectivity index (χ3v) is 4.65. The maximum Gasteiger partial charge on any atom is 0.322 e. The average Bonchev–Trinajstić information content (AvgIpc) is 2.34. The van der Waals surface area contributed by atoms with E-state index in [2.05, 4.69) is 0 Å². The summed E-state index contributed by atoms with van der Waals surface area (Å²) >= 11 is 5.55. The molecule has 1 aromatic rings. The van der Waals surface area contributed by atoms with Crippen LogP contribution in [0, 0.1) is 11.7 Å². The van der Waals surface area contributed by atoms with Gasteiger partial charge in [0.15, 0.2) is 0 Å². The first-order valence-electron chi connectivity index (χ1n) is 5.89. The highest BCUT2D eigenvalue weighted by molar-refractivity contribution is 7.89. The van der Waals surface area contributed by atoms with Gasteiger partial charge in [-0.3, -0.25) is 4.79 Å². The molecule has 112 valence electrons. The molecule has 0 spiro atoms. The van der Waals surface area contributed by atoms with Gasteiger partial charge in [0.25, 0.3) is 0 Å². The molecule has 5 nitrogen and oxygen atoms in total. The minimum absolute atomic E-state index is 0.0539. The normalized spacial score (nSPS) is 14.8. The van der Waals surface area contributed by atoms with Gasteiger partial charge in [0.1, 0.15) is 16.8 Å². The first-order chi connectivity index (χ1) is 9.19. The molecule has 0 aliphatic heterocycles. The fourth-order valence-corrected chi connectivity index (χ4v) is 3.09. The average molecular weight is 324 g/mol. The van der Waals surface area contributed by atoms with Crippen LogP contribution in [0.2, 0.25) is 5.02 Å². The van der Waals surface area contributed by atoms with Crippen LogP contribution in [-0.2, 0) is 14.8 Å². The topological polar surface area (TPSA) is 83.5 Å². The van der Waals surface area contributed by atoms with E-state index in [1.54, 1.807) is 13.8 Å². The van der Waals surface area contributed by atoms with Crippen molar-refractivity contribution in [3.05, 3.63) is 29.0 Å². The predicted octanol–water partition coefficient (Wildman–Crippen LogP) is 2.26. The quantitative estimate of drug-likeness (QED) is 0.841. The Morgan fingerprint density at radius 2 is 2.10 bits per heavy atom. The molecule has 2 atom stereocenters. The summed E-state index contributed by atoms with van der Waals surface area (Å²) in [6.45, 7) is 3.33. The summed E-state index contributed by atoms with van der Waals surface area (Å²) in [4.78, 5) is 10.5. The van der Waals surface area contributed by atoms with Gasteiger partial charge in [0.05, 0.1) is 0 Å². The van der Waals surface area contributed by atoms with Gasteiger partial charge < -0.3 is 5.11 Å². The van der Waals surface area contributed by atoms with Crippen molar-refractivity contribution in [2.75, 3.05) is 0 Å². The standard InChI is InChI=1S/C12H15ClFNO4S/c1-3-7(2)11(12(16)17)15-20(18,19)10-5-4-8(13)6-9(10)14/h4-7,11,15H,3H2,1-2H3,(H,16,17)/t7?,11-/m0/s1. The largest absolute Gasteiger partial charge is 0.480 e. The van der Waals surface area contributed by atoms with Crippen LogP contribution in [0.1, 0.15) is 20.3 Å². The molecule has 0 saturated carbocycles. The maximum atomic E-state index is 13.6. The molecule has 0 aliphatic carbocycles. The number of benzene rings is 1. The molecule has 0 heterocycles. The van der Waals surface area contributed by atoms with E-state index in [4.69, 9.17) is 16.7 Å². The van der Waals surface area contributed by atoms with Crippen LogP contribution in [0.15, 0.2) is 23.1 Å². The van der Waals surface area contributed by atoms with Crippen LogP contribution in [-0.4, -0.2) is 25.5 Å². The molecule has 0 aliphatic rings. The van der Waals surface area contributed by atoms with E-state index in [0.717, 1.165) is 12.1 Å². The Morgan fingerprint density at radius 3 is 2.55 bits per heavy atom. The number of halogens is 2. The molecule has 1 unspecified atom stereocenters. The van der Waals surface area contributed by atoms with Crippen molar-refractivity contribution >= 4 is 27.6 Å². The fourth-order valence-electron chi connectivity index (χ4n) is 1.57. The van der Waals surface area contributed by atoms with Gasteiger partial charge in [-0.1, -0.05) is 31.9 Å². The minimum Gasteiger partial charge on any atom is -0.480 e. The molecule has 1 rings (SSSR count). The van der Waals surface area contributed by atoms with Crippen molar-refractivity contribution in [3.63, 3.8) is 0 Å². The Labute approximate surface area is 121 Å². The second-order valence-electron chi connectivity index (χ2n) is 4.40. The monoisotopic (exact) mass is 323 g/mol. The highest BCUT2D eigenvalue weighted by atomic mass is 35.5. The van der Waals surface area contributed by atoms with E-state index >= 15 is 0 Å². The molecular formula is C12H15ClFNO4S. The summed E-state index contributed by atoms with van der Waals surface area (Å²) in [6.07, 6.45) is 0.461. The molecule has 0 saturated heterocycles. The van der Waals surface area contributed by atoms with Gasteiger partial charge in [0.2, 0.25) is 10.0 Å². The lowest BCUT2D eigenvalue weighted by molar-refractivity contribution is -0.140. The van der Waals surface area contributed by atoms with Gasteiger partial charge in [-0.15, -0.1) is 0 Å². The second kappa shape index (κ2) is 6.51. The molecule has 0 aromatic heterocycles. The Morgan fingerprint density at radius 1 is 1.50 bits per heavy atom. The number of hydrogen-bond donors (Lipinski definition) is 2. The van der Waals surface area contributed by atoms with E-state index in [-0.39, 0.29) is 5.02 Å². The third-order valence-electron chi connectivity index (χ3n) is 2.94. The van der Waals surface area contributed by atoms with Crippen LogP contribution >= 0.6 is 11.6 Å². The zero-order chi connectivity index (χ0) is 15.5. The number of hydrogen-bond acceptors (Lipinski definition) is 3. The molecular weight excluding hydrogens is 309 g/mol. The summed E-state index contributed by atoms with van der Waals surface area (Å²) in [5, 5.41) is 9.11. The number of rotatable bonds is 6. The molecule has 1 aromatic carbocycles. The summed E-state index contributed by atoms with van der Waals surface area (Å²) in [6, 6.07) is 1.75. The van der Waals surface area contributed by atoms with Crippen molar-refractivity contribution in [1.82, 2.24) is 4.72 Å². The van der Waals surface area contributed by atoms with Crippen molar-refractivity contribution in [1.29, 1.82) is 0 Å². The van der Waals surface area contributed by atoms with Crippen LogP contribution in [0.3, 0.4) is 0 Å². The van der Waals surface area contributed by atoms with Crippen LogP contribution < -0.4 is 4.72 Å². The number of nitrogens with one attached hydrogen (secondary N) is 1. The first-order valence-corrected chi connectivity index (χ1v) is 7.75. The number of sulfonamides is 1. The smallest absolute Gasteiger partial charge is 0.322 e. The van der Waals surface area contributed by atoms with E-state index in [1.807, 2.05) is 4.72 Å². The Balaban J connectivity index is 3.13. The molecule has 0 bridgehead atoms.